The van der Waals surface area contributed by atoms with Crippen LogP contribution in [0.3, 0.4) is 0 Å². The molecule has 3 amide bonds. The molecular weight excluding hydrogens is 308 g/mol. The normalized spacial score (nSPS) is 17.5. The molecule has 1 aromatic heterocycles. The lowest BCUT2D eigenvalue weighted by atomic mass is 10.2. The van der Waals surface area contributed by atoms with Gasteiger partial charge in [0.25, 0.3) is 0 Å². The van der Waals surface area contributed by atoms with Gasteiger partial charge >= 0.3 is 6.03 Å². The van der Waals surface area contributed by atoms with E-state index in [1.54, 1.807) is 6.92 Å². The minimum atomic E-state index is -0.814. The number of primary amides is 1. The van der Waals surface area contributed by atoms with E-state index in [-0.39, 0.29) is 5.91 Å². The molecule has 0 aliphatic carbocycles. The number of fused-ring (bicyclic) bond motifs is 1. The molecular formula is C16H22N6O2. The predicted molar refractivity (Wildman–Crippen MR) is 91.7 cm³/mol. The summed E-state index contributed by atoms with van der Waals surface area (Å²) in [5, 5.41) is 2.15. The number of para-hydroxylation sites is 2. The third-order valence-electron chi connectivity index (χ3n) is 4.38. The number of urea groups is 1. The Balaban J connectivity index is 1.66. The lowest BCUT2D eigenvalue weighted by Crippen LogP contribution is -2.49. The fourth-order valence-electron chi connectivity index (χ4n) is 3.02. The Kier molecular flexibility index (Phi) is 4.66. The average molecular weight is 330 g/mol. The van der Waals surface area contributed by atoms with Crippen LogP contribution in [-0.2, 0) is 4.79 Å². The molecule has 0 radical (unpaired) electrons. The molecule has 1 aromatic carbocycles. The number of carbonyl (C=O) groups excluding carboxylic acids is 2. The highest BCUT2D eigenvalue weighted by Crippen LogP contribution is 2.19. The van der Waals surface area contributed by atoms with Gasteiger partial charge in [-0.15, -0.1) is 0 Å². The van der Waals surface area contributed by atoms with Crippen molar-refractivity contribution in [3.8, 4) is 0 Å². The quantitative estimate of drug-likeness (QED) is 0.766. The summed E-state index contributed by atoms with van der Waals surface area (Å²) in [5.41, 5.74) is 6.98. The monoisotopic (exact) mass is 330 g/mol. The molecule has 0 spiro atoms. The first-order valence-corrected chi connectivity index (χ1v) is 8.08. The maximum Gasteiger partial charge on any atom is 0.318 e. The number of aromatic nitrogens is 2. The number of hydrogen-bond donors (Lipinski definition) is 3. The molecule has 3 rings (SSSR count). The highest BCUT2D eigenvalue weighted by Gasteiger charge is 2.25. The van der Waals surface area contributed by atoms with Crippen molar-refractivity contribution >= 4 is 28.9 Å². The van der Waals surface area contributed by atoms with E-state index in [9.17, 15) is 9.59 Å². The van der Waals surface area contributed by atoms with E-state index in [2.05, 4.69) is 25.1 Å². The van der Waals surface area contributed by atoms with Gasteiger partial charge in [-0.3, -0.25) is 15.0 Å². The zero-order chi connectivity index (χ0) is 17.1. The van der Waals surface area contributed by atoms with Gasteiger partial charge in [-0.1, -0.05) is 12.1 Å². The number of nitrogens with zero attached hydrogens (tertiary/aromatic N) is 3. The number of H-pyrrole nitrogens is 1. The maximum atomic E-state index is 11.9. The van der Waals surface area contributed by atoms with E-state index < -0.39 is 12.1 Å². The summed E-state index contributed by atoms with van der Waals surface area (Å²) in [6.07, 6.45) is 0.908. The van der Waals surface area contributed by atoms with Crippen molar-refractivity contribution in [1.29, 1.82) is 0 Å². The van der Waals surface area contributed by atoms with Gasteiger partial charge in [0.15, 0.2) is 0 Å². The standard InChI is InChI=1S/C16H22N6O2/c1-11(14(23)20-15(17)24)21-7-4-8-22(10-9-21)16-18-12-5-2-3-6-13(12)19-16/h2-3,5-6,11H,4,7-10H2,1H3,(H,18,19)(H3,17,20,23,24)/t11-/m0/s1. The summed E-state index contributed by atoms with van der Waals surface area (Å²) in [6.45, 7) is 4.90. The summed E-state index contributed by atoms with van der Waals surface area (Å²) >= 11 is 0. The van der Waals surface area contributed by atoms with Crippen LogP contribution in [0, 0.1) is 0 Å². The molecule has 128 valence electrons. The number of imidazole rings is 1. The molecule has 2 aromatic rings. The Morgan fingerprint density at radius 1 is 1.25 bits per heavy atom. The molecule has 1 aliphatic heterocycles. The van der Waals surface area contributed by atoms with Crippen LogP contribution < -0.4 is 16.0 Å². The van der Waals surface area contributed by atoms with E-state index in [1.807, 2.05) is 24.3 Å². The number of hydrogen-bond acceptors (Lipinski definition) is 5. The van der Waals surface area contributed by atoms with Crippen LogP contribution in [0.2, 0.25) is 0 Å². The minimum Gasteiger partial charge on any atom is -0.351 e. The van der Waals surface area contributed by atoms with Crippen molar-refractivity contribution in [3.05, 3.63) is 24.3 Å². The third-order valence-corrected chi connectivity index (χ3v) is 4.38. The number of carbonyl (C=O) groups is 2. The number of amides is 3. The first-order chi connectivity index (χ1) is 11.5. The van der Waals surface area contributed by atoms with Gasteiger partial charge in [0, 0.05) is 26.2 Å². The summed E-state index contributed by atoms with van der Waals surface area (Å²) in [5.74, 6) is 0.493. The smallest absolute Gasteiger partial charge is 0.318 e. The van der Waals surface area contributed by atoms with Gasteiger partial charge in [0.2, 0.25) is 11.9 Å². The lowest BCUT2D eigenvalue weighted by molar-refractivity contribution is -0.124. The van der Waals surface area contributed by atoms with Gasteiger partial charge in [0.1, 0.15) is 0 Å². The van der Waals surface area contributed by atoms with Crippen LogP contribution in [0.4, 0.5) is 10.7 Å². The molecule has 8 nitrogen and oxygen atoms in total. The number of rotatable bonds is 3. The maximum absolute atomic E-state index is 11.9. The number of imide groups is 1. The molecule has 4 N–H and O–H groups in total. The molecule has 8 heteroatoms. The van der Waals surface area contributed by atoms with Gasteiger partial charge < -0.3 is 15.6 Å². The van der Waals surface area contributed by atoms with Crippen LogP contribution >= 0.6 is 0 Å². The van der Waals surface area contributed by atoms with Crippen molar-refractivity contribution in [2.75, 3.05) is 31.1 Å². The van der Waals surface area contributed by atoms with E-state index in [0.29, 0.717) is 6.54 Å². The Bertz CT molecular complexity index is 710. The highest BCUT2D eigenvalue weighted by atomic mass is 16.2. The highest BCUT2D eigenvalue weighted by molar-refractivity contribution is 5.96. The van der Waals surface area contributed by atoms with Crippen LogP contribution in [-0.4, -0.2) is 59.0 Å². The Morgan fingerprint density at radius 3 is 2.79 bits per heavy atom. The average Bonchev–Trinajstić information content (AvgIpc) is 2.83. The fraction of sp³-hybridized carbons (Fsp3) is 0.438. The first-order valence-electron chi connectivity index (χ1n) is 8.08. The van der Waals surface area contributed by atoms with Crippen molar-refractivity contribution in [2.24, 2.45) is 5.73 Å². The Morgan fingerprint density at radius 2 is 2.04 bits per heavy atom. The van der Waals surface area contributed by atoms with Crippen molar-refractivity contribution in [1.82, 2.24) is 20.2 Å². The fourth-order valence-corrected chi connectivity index (χ4v) is 3.02. The zero-order valence-electron chi connectivity index (χ0n) is 13.7. The second kappa shape index (κ2) is 6.88. The number of benzene rings is 1. The minimum absolute atomic E-state index is 0.361. The van der Waals surface area contributed by atoms with E-state index in [0.717, 1.165) is 43.0 Å². The first kappa shape index (κ1) is 16.3. The predicted octanol–water partition coefficient (Wildman–Crippen LogP) is 0.658. The number of aromatic amines is 1. The molecule has 1 atom stereocenters. The molecule has 1 fully saturated rings. The molecule has 1 aliphatic rings. The van der Waals surface area contributed by atoms with E-state index >= 15 is 0 Å². The van der Waals surface area contributed by atoms with E-state index in [4.69, 9.17) is 5.73 Å². The van der Waals surface area contributed by atoms with Crippen molar-refractivity contribution in [3.63, 3.8) is 0 Å². The largest absolute Gasteiger partial charge is 0.351 e. The molecule has 0 saturated carbocycles. The Hall–Kier alpha value is -2.61. The molecule has 1 saturated heterocycles. The van der Waals surface area contributed by atoms with Gasteiger partial charge in [0.05, 0.1) is 17.1 Å². The zero-order valence-corrected chi connectivity index (χ0v) is 13.7. The summed E-state index contributed by atoms with van der Waals surface area (Å²) < 4.78 is 0. The van der Waals surface area contributed by atoms with Gasteiger partial charge in [-0.05, 0) is 25.5 Å². The van der Waals surface area contributed by atoms with E-state index in [1.165, 1.54) is 0 Å². The molecule has 0 bridgehead atoms. The van der Waals surface area contributed by atoms with Crippen LogP contribution in [0.15, 0.2) is 24.3 Å². The molecule has 2 heterocycles. The van der Waals surface area contributed by atoms with Gasteiger partial charge in [-0.25, -0.2) is 9.78 Å². The van der Waals surface area contributed by atoms with Crippen molar-refractivity contribution in [2.45, 2.75) is 19.4 Å². The SMILES string of the molecule is C[C@@H](C(=O)NC(N)=O)N1CCCN(c2nc3ccccc3[nH]2)CC1. The van der Waals surface area contributed by atoms with Crippen LogP contribution in [0.5, 0.6) is 0 Å². The second-order valence-corrected chi connectivity index (χ2v) is 5.98. The molecule has 0 unspecified atom stereocenters. The Labute approximate surface area is 140 Å². The summed E-state index contributed by atoms with van der Waals surface area (Å²) in [4.78, 5) is 35.0. The van der Waals surface area contributed by atoms with Crippen LogP contribution in [0.1, 0.15) is 13.3 Å². The lowest BCUT2D eigenvalue weighted by Gasteiger charge is -2.26. The number of nitrogens with two attached hydrogens (primary N) is 1. The summed E-state index contributed by atoms with van der Waals surface area (Å²) in [7, 11) is 0. The number of anilines is 1. The molecule has 24 heavy (non-hydrogen) atoms. The topological polar surface area (TPSA) is 107 Å². The van der Waals surface area contributed by atoms with Crippen molar-refractivity contribution < 1.29 is 9.59 Å². The van der Waals surface area contributed by atoms with Gasteiger partial charge in [-0.2, -0.15) is 0 Å². The summed E-state index contributed by atoms with van der Waals surface area (Å²) in [6, 6.07) is 6.73. The third kappa shape index (κ3) is 3.48. The van der Waals surface area contributed by atoms with Crippen LogP contribution in [0.25, 0.3) is 11.0 Å². The second-order valence-electron chi connectivity index (χ2n) is 5.98. The number of nitrogens with one attached hydrogen (secondary N) is 2.